The van der Waals surface area contributed by atoms with Crippen LogP contribution in [0.4, 0.5) is 0 Å². The van der Waals surface area contributed by atoms with Crippen LogP contribution in [0.2, 0.25) is 0 Å². The first-order valence-corrected chi connectivity index (χ1v) is 5.38. The summed E-state index contributed by atoms with van der Waals surface area (Å²) in [7, 11) is 0. The molecule has 0 spiro atoms. The van der Waals surface area contributed by atoms with Gasteiger partial charge < -0.3 is 4.57 Å². The van der Waals surface area contributed by atoms with Crippen molar-refractivity contribution >= 4 is 0 Å². The quantitative estimate of drug-likeness (QED) is 0.597. The minimum Gasteiger partial charge on any atom is -0.334 e. The van der Waals surface area contributed by atoms with Crippen molar-refractivity contribution in [1.29, 1.82) is 0 Å². The molecular weight excluding hydrogens is 160 g/mol. The molecule has 1 aromatic heterocycles. The normalized spacial score (nSPS) is 18.5. The molecule has 0 N–H and O–H groups in total. The largest absolute Gasteiger partial charge is 0.334 e. The molecule has 0 aliphatic carbocycles. The van der Waals surface area contributed by atoms with Gasteiger partial charge in [0.25, 0.3) is 0 Å². The van der Waals surface area contributed by atoms with Crippen LogP contribution in [0.25, 0.3) is 0 Å². The molecule has 1 aliphatic heterocycles. The van der Waals surface area contributed by atoms with Crippen molar-refractivity contribution in [3.8, 4) is 0 Å². The molecule has 0 saturated heterocycles. The van der Waals surface area contributed by atoms with Crippen LogP contribution in [0.5, 0.6) is 0 Å². The van der Waals surface area contributed by atoms with Gasteiger partial charge >= 0.3 is 0 Å². The third-order valence-corrected chi connectivity index (χ3v) is 2.97. The Bertz CT molecular complexity index is 276. The molecule has 1 aromatic rings. The van der Waals surface area contributed by atoms with Gasteiger partial charge in [0, 0.05) is 12.2 Å². The van der Waals surface area contributed by atoms with E-state index < -0.39 is 0 Å². The highest BCUT2D eigenvalue weighted by atomic mass is 15.1. The second-order valence-corrected chi connectivity index (χ2v) is 3.99. The van der Waals surface area contributed by atoms with Crippen molar-refractivity contribution in [2.45, 2.75) is 52.0 Å². The highest BCUT2D eigenvalue weighted by Crippen LogP contribution is 2.16. The van der Waals surface area contributed by atoms with Gasteiger partial charge in [0.15, 0.2) is 0 Å². The number of fused-ring (bicyclic) bond motifs is 1. The zero-order valence-corrected chi connectivity index (χ0v) is 8.42. The highest BCUT2D eigenvalue weighted by molar-refractivity contribution is 5.11. The molecular formula is C11H18N2. The van der Waals surface area contributed by atoms with E-state index in [4.69, 9.17) is 0 Å². The molecule has 2 rings (SSSR count). The molecule has 1 aliphatic rings. The lowest BCUT2D eigenvalue weighted by atomic mass is 10.1. The topological polar surface area (TPSA) is 17.8 Å². The molecule has 0 atom stereocenters. The second-order valence-electron chi connectivity index (χ2n) is 3.99. The number of aryl methyl sites for hydroxylation is 2. The maximum Gasteiger partial charge on any atom is 0.0951 e. The average Bonchev–Trinajstić information content (AvgIpc) is 2.51. The summed E-state index contributed by atoms with van der Waals surface area (Å²) in [4.78, 5) is 4.38. The highest BCUT2D eigenvalue weighted by Gasteiger charge is 2.08. The number of rotatable bonds is 0. The molecule has 0 fully saturated rings. The smallest absolute Gasteiger partial charge is 0.0951 e. The van der Waals surface area contributed by atoms with Gasteiger partial charge in [-0.25, -0.2) is 4.98 Å². The van der Waals surface area contributed by atoms with E-state index >= 15 is 0 Å². The van der Waals surface area contributed by atoms with E-state index in [1.807, 2.05) is 6.33 Å². The lowest BCUT2D eigenvalue weighted by Gasteiger charge is -2.05. The molecule has 0 bridgehead atoms. The van der Waals surface area contributed by atoms with E-state index in [9.17, 15) is 0 Å². The summed E-state index contributed by atoms with van der Waals surface area (Å²) in [6, 6.07) is 0. The minimum atomic E-state index is 1.18. The van der Waals surface area contributed by atoms with Crippen LogP contribution < -0.4 is 0 Å². The van der Waals surface area contributed by atoms with Crippen LogP contribution in [-0.2, 0) is 13.0 Å². The van der Waals surface area contributed by atoms with Gasteiger partial charge in [-0.3, -0.25) is 0 Å². The van der Waals surface area contributed by atoms with Crippen LogP contribution >= 0.6 is 0 Å². The van der Waals surface area contributed by atoms with Gasteiger partial charge in [0.2, 0.25) is 0 Å². The fourth-order valence-electron chi connectivity index (χ4n) is 2.13. The van der Waals surface area contributed by atoms with Gasteiger partial charge in [0.05, 0.1) is 12.0 Å². The Kier molecular flexibility index (Phi) is 2.67. The summed E-state index contributed by atoms with van der Waals surface area (Å²) in [6.07, 6.45) is 10.1. The Morgan fingerprint density at radius 1 is 1.15 bits per heavy atom. The third-order valence-electron chi connectivity index (χ3n) is 2.97. The minimum absolute atomic E-state index is 1.18. The van der Waals surface area contributed by atoms with E-state index in [-0.39, 0.29) is 0 Å². The maximum atomic E-state index is 4.38. The average molecular weight is 178 g/mol. The summed E-state index contributed by atoms with van der Waals surface area (Å²) in [5.74, 6) is 0. The van der Waals surface area contributed by atoms with Gasteiger partial charge in [0.1, 0.15) is 0 Å². The van der Waals surface area contributed by atoms with Crippen molar-refractivity contribution in [1.82, 2.24) is 9.55 Å². The first-order valence-electron chi connectivity index (χ1n) is 5.38. The molecule has 0 aromatic carbocycles. The summed E-state index contributed by atoms with van der Waals surface area (Å²) >= 11 is 0. The molecule has 0 radical (unpaired) electrons. The number of imidazole rings is 1. The Morgan fingerprint density at radius 2 is 1.92 bits per heavy atom. The summed E-state index contributed by atoms with van der Waals surface area (Å²) in [5.41, 5.74) is 2.71. The van der Waals surface area contributed by atoms with E-state index in [0.717, 1.165) is 0 Å². The van der Waals surface area contributed by atoms with E-state index in [2.05, 4.69) is 16.5 Å². The van der Waals surface area contributed by atoms with Crippen molar-refractivity contribution < 1.29 is 0 Å². The third kappa shape index (κ3) is 1.93. The SMILES string of the molecule is Cc1ncn2c1CCCCCCC2. The Labute approximate surface area is 80.0 Å². The van der Waals surface area contributed by atoms with Crippen LogP contribution in [0.15, 0.2) is 6.33 Å². The number of hydrogen-bond acceptors (Lipinski definition) is 1. The van der Waals surface area contributed by atoms with Gasteiger partial charge in [-0.2, -0.15) is 0 Å². The van der Waals surface area contributed by atoms with Crippen molar-refractivity contribution in [3.05, 3.63) is 17.7 Å². The molecule has 0 unspecified atom stereocenters. The zero-order chi connectivity index (χ0) is 9.10. The molecule has 0 amide bonds. The first-order chi connectivity index (χ1) is 6.38. The Balaban J connectivity index is 2.19. The number of nitrogens with zero attached hydrogens (tertiary/aromatic N) is 2. The summed E-state index contributed by atoms with van der Waals surface area (Å²) < 4.78 is 2.35. The van der Waals surface area contributed by atoms with Crippen LogP contribution in [-0.4, -0.2) is 9.55 Å². The van der Waals surface area contributed by atoms with Crippen molar-refractivity contribution in [3.63, 3.8) is 0 Å². The van der Waals surface area contributed by atoms with Gasteiger partial charge in [-0.15, -0.1) is 0 Å². The summed E-state index contributed by atoms with van der Waals surface area (Å²) in [6.45, 7) is 3.31. The number of hydrogen-bond donors (Lipinski definition) is 0. The molecule has 2 nitrogen and oxygen atoms in total. The monoisotopic (exact) mass is 178 g/mol. The van der Waals surface area contributed by atoms with Crippen LogP contribution in [0.1, 0.15) is 43.5 Å². The lowest BCUT2D eigenvalue weighted by molar-refractivity contribution is 0.584. The first kappa shape index (κ1) is 8.79. The molecule has 13 heavy (non-hydrogen) atoms. The maximum absolute atomic E-state index is 4.38. The van der Waals surface area contributed by atoms with Gasteiger partial charge in [-0.05, 0) is 26.2 Å². The predicted octanol–water partition coefficient (Wildman–Crippen LogP) is 2.70. The van der Waals surface area contributed by atoms with E-state index in [1.54, 1.807) is 0 Å². The van der Waals surface area contributed by atoms with E-state index in [0.29, 0.717) is 0 Å². The molecule has 2 heterocycles. The van der Waals surface area contributed by atoms with Crippen molar-refractivity contribution in [2.24, 2.45) is 0 Å². The predicted molar refractivity (Wildman–Crippen MR) is 53.8 cm³/mol. The fourth-order valence-corrected chi connectivity index (χ4v) is 2.13. The molecule has 2 heteroatoms. The zero-order valence-electron chi connectivity index (χ0n) is 8.42. The fraction of sp³-hybridized carbons (Fsp3) is 0.727. The standard InChI is InChI=1S/C11H18N2/c1-10-11-7-5-3-2-4-6-8-13(11)9-12-10/h9H,2-8H2,1H3. The van der Waals surface area contributed by atoms with Crippen LogP contribution in [0.3, 0.4) is 0 Å². The van der Waals surface area contributed by atoms with Gasteiger partial charge in [-0.1, -0.05) is 19.3 Å². The lowest BCUT2D eigenvalue weighted by Crippen LogP contribution is -2.01. The number of aromatic nitrogens is 2. The van der Waals surface area contributed by atoms with Crippen LogP contribution in [0, 0.1) is 6.92 Å². The Morgan fingerprint density at radius 3 is 2.85 bits per heavy atom. The summed E-state index contributed by atoms with van der Waals surface area (Å²) in [5, 5.41) is 0. The van der Waals surface area contributed by atoms with E-state index in [1.165, 1.54) is 56.5 Å². The molecule has 0 saturated carbocycles. The molecule has 72 valence electrons. The Hall–Kier alpha value is -0.790. The second kappa shape index (κ2) is 3.95. The van der Waals surface area contributed by atoms with Crippen molar-refractivity contribution in [2.75, 3.05) is 0 Å².